The third-order valence-corrected chi connectivity index (χ3v) is 13.5. The Bertz CT molecular complexity index is 3460. The van der Waals surface area contributed by atoms with Crippen molar-refractivity contribution in [3.63, 3.8) is 0 Å². The van der Waals surface area contributed by atoms with Crippen molar-refractivity contribution in [2.24, 2.45) is 0 Å². The van der Waals surface area contributed by atoms with Gasteiger partial charge in [0, 0.05) is 17.1 Å². The molecule has 66 heavy (non-hydrogen) atoms. The molecule has 1 aliphatic carbocycles. The van der Waals surface area contributed by atoms with E-state index in [4.69, 9.17) is 0 Å². The standard InChI is InChI=1S/C65H45N/c1-4-17-46(18-5-1)48-35-39-57(40-36-48)66(58-41-37-49(38-42-58)51-21-14-22-52(43-51)53-34-33-47-19-10-11-20-50(47)44-53)59-28-15-23-54(45-59)60-30-16-32-63-64(60)61-29-12-13-31-62(61)65(63,55-24-6-2-7-25-55)56-26-8-3-9-27-56/h1-45H. The molecule has 11 aromatic rings. The van der Waals surface area contributed by atoms with E-state index in [-0.39, 0.29) is 0 Å². The lowest BCUT2D eigenvalue weighted by Crippen LogP contribution is -2.28. The van der Waals surface area contributed by atoms with Crippen molar-refractivity contribution in [2.75, 3.05) is 4.90 Å². The Hall–Kier alpha value is -8.52. The van der Waals surface area contributed by atoms with Gasteiger partial charge >= 0.3 is 0 Å². The van der Waals surface area contributed by atoms with Gasteiger partial charge in [-0.3, -0.25) is 0 Å². The number of benzene rings is 11. The molecule has 0 heterocycles. The van der Waals surface area contributed by atoms with E-state index in [1.165, 1.54) is 88.7 Å². The molecule has 0 spiro atoms. The fraction of sp³-hybridized carbons (Fsp3) is 0.0154. The van der Waals surface area contributed by atoms with E-state index in [0.29, 0.717) is 0 Å². The third-order valence-electron chi connectivity index (χ3n) is 13.5. The number of hydrogen-bond acceptors (Lipinski definition) is 1. The molecule has 0 unspecified atom stereocenters. The lowest BCUT2D eigenvalue weighted by molar-refractivity contribution is 0.768. The number of anilines is 3. The second-order valence-corrected chi connectivity index (χ2v) is 17.2. The molecule has 0 aliphatic heterocycles. The fourth-order valence-corrected chi connectivity index (χ4v) is 10.5. The van der Waals surface area contributed by atoms with Crippen molar-refractivity contribution in [1.82, 2.24) is 0 Å². The number of fused-ring (bicyclic) bond motifs is 4. The Morgan fingerprint density at radius 2 is 0.697 bits per heavy atom. The molecule has 12 rings (SSSR count). The first-order valence-electron chi connectivity index (χ1n) is 22.8. The normalized spacial score (nSPS) is 12.4. The second-order valence-electron chi connectivity index (χ2n) is 17.2. The fourth-order valence-electron chi connectivity index (χ4n) is 10.5. The molecule has 310 valence electrons. The molecular weight excluding hydrogens is 795 g/mol. The summed E-state index contributed by atoms with van der Waals surface area (Å²) in [6.07, 6.45) is 0. The van der Waals surface area contributed by atoms with Gasteiger partial charge in [0.15, 0.2) is 0 Å². The van der Waals surface area contributed by atoms with Crippen LogP contribution in [0.25, 0.3) is 66.4 Å². The van der Waals surface area contributed by atoms with Crippen LogP contribution in [0.3, 0.4) is 0 Å². The van der Waals surface area contributed by atoms with Crippen LogP contribution in [0.5, 0.6) is 0 Å². The summed E-state index contributed by atoms with van der Waals surface area (Å²) < 4.78 is 0. The molecule has 1 heteroatoms. The summed E-state index contributed by atoms with van der Waals surface area (Å²) in [5.41, 5.74) is 20.1. The van der Waals surface area contributed by atoms with Crippen LogP contribution in [0, 0.1) is 0 Å². The third kappa shape index (κ3) is 6.73. The molecule has 0 aromatic heterocycles. The molecule has 0 saturated carbocycles. The Morgan fingerprint density at radius 1 is 0.242 bits per heavy atom. The highest BCUT2D eigenvalue weighted by Crippen LogP contribution is 2.58. The van der Waals surface area contributed by atoms with E-state index in [2.05, 4.69) is 278 Å². The van der Waals surface area contributed by atoms with E-state index in [0.717, 1.165) is 17.1 Å². The zero-order valence-corrected chi connectivity index (χ0v) is 36.4. The first-order valence-corrected chi connectivity index (χ1v) is 22.8. The Kier molecular flexibility index (Phi) is 9.81. The predicted molar refractivity (Wildman–Crippen MR) is 278 cm³/mol. The van der Waals surface area contributed by atoms with Crippen molar-refractivity contribution < 1.29 is 0 Å². The summed E-state index contributed by atoms with van der Waals surface area (Å²) >= 11 is 0. The van der Waals surface area contributed by atoms with E-state index >= 15 is 0 Å². The van der Waals surface area contributed by atoms with Gasteiger partial charge in [0.05, 0.1) is 5.41 Å². The molecule has 0 N–H and O–H groups in total. The molecule has 0 radical (unpaired) electrons. The summed E-state index contributed by atoms with van der Waals surface area (Å²) in [6, 6.07) is 99.9. The van der Waals surface area contributed by atoms with Crippen LogP contribution in [-0.2, 0) is 5.41 Å². The maximum atomic E-state index is 2.39. The first kappa shape index (κ1) is 39.1. The number of rotatable bonds is 9. The van der Waals surface area contributed by atoms with Crippen molar-refractivity contribution >= 4 is 27.8 Å². The van der Waals surface area contributed by atoms with Gasteiger partial charge in [-0.05, 0) is 137 Å². The summed E-state index contributed by atoms with van der Waals surface area (Å²) in [6.45, 7) is 0. The number of nitrogens with zero attached hydrogens (tertiary/aromatic N) is 1. The highest BCUT2D eigenvalue weighted by Gasteiger charge is 2.46. The smallest absolute Gasteiger partial charge is 0.0713 e. The summed E-state index contributed by atoms with van der Waals surface area (Å²) in [7, 11) is 0. The molecule has 0 atom stereocenters. The largest absolute Gasteiger partial charge is 0.310 e. The van der Waals surface area contributed by atoms with Crippen LogP contribution in [-0.4, -0.2) is 0 Å². The summed E-state index contributed by atoms with van der Waals surface area (Å²) in [4.78, 5) is 2.39. The molecule has 11 aromatic carbocycles. The molecular formula is C65H45N. The SMILES string of the molecule is c1ccc(-c2ccc(N(c3ccc(-c4cccc(-c5ccc6ccccc6c5)c4)cc3)c3cccc(-c4cccc5c4-c4ccccc4C5(c4ccccc4)c4ccccc4)c3)cc2)cc1. The van der Waals surface area contributed by atoms with Gasteiger partial charge < -0.3 is 4.90 Å². The minimum absolute atomic E-state index is 0.467. The molecule has 0 amide bonds. The van der Waals surface area contributed by atoms with Gasteiger partial charge in [-0.2, -0.15) is 0 Å². The highest BCUT2D eigenvalue weighted by molar-refractivity contribution is 5.96. The average molecular weight is 840 g/mol. The van der Waals surface area contributed by atoms with Crippen LogP contribution in [0.15, 0.2) is 273 Å². The summed E-state index contributed by atoms with van der Waals surface area (Å²) in [5, 5.41) is 2.50. The van der Waals surface area contributed by atoms with Crippen LogP contribution >= 0.6 is 0 Å². The zero-order chi connectivity index (χ0) is 43.9. The highest BCUT2D eigenvalue weighted by atomic mass is 15.1. The van der Waals surface area contributed by atoms with Gasteiger partial charge in [0.2, 0.25) is 0 Å². The quantitative estimate of drug-likeness (QED) is 0.140. The summed E-state index contributed by atoms with van der Waals surface area (Å²) in [5.74, 6) is 0. The van der Waals surface area contributed by atoms with Gasteiger partial charge in [0.1, 0.15) is 0 Å². The Morgan fingerprint density at radius 3 is 1.39 bits per heavy atom. The maximum Gasteiger partial charge on any atom is 0.0713 e. The van der Waals surface area contributed by atoms with Gasteiger partial charge in [-0.1, -0.05) is 224 Å². The van der Waals surface area contributed by atoms with E-state index in [1.54, 1.807) is 0 Å². The van der Waals surface area contributed by atoms with Crippen molar-refractivity contribution in [3.8, 4) is 55.6 Å². The van der Waals surface area contributed by atoms with Gasteiger partial charge in [-0.25, -0.2) is 0 Å². The first-order chi connectivity index (χ1) is 32.7. The van der Waals surface area contributed by atoms with Crippen LogP contribution in [0.4, 0.5) is 17.1 Å². The van der Waals surface area contributed by atoms with E-state index < -0.39 is 5.41 Å². The molecule has 0 bridgehead atoms. The minimum Gasteiger partial charge on any atom is -0.310 e. The minimum atomic E-state index is -0.467. The monoisotopic (exact) mass is 839 g/mol. The Labute approximate surface area is 387 Å². The maximum absolute atomic E-state index is 2.39. The topological polar surface area (TPSA) is 3.24 Å². The van der Waals surface area contributed by atoms with Crippen LogP contribution in [0.2, 0.25) is 0 Å². The average Bonchev–Trinajstić information content (AvgIpc) is 3.71. The molecule has 1 aliphatic rings. The Balaban J connectivity index is 0.974. The second kappa shape index (κ2) is 16.6. The predicted octanol–water partition coefficient (Wildman–Crippen LogP) is 17.3. The van der Waals surface area contributed by atoms with Crippen molar-refractivity contribution in [1.29, 1.82) is 0 Å². The van der Waals surface area contributed by atoms with Crippen LogP contribution in [0.1, 0.15) is 22.3 Å². The van der Waals surface area contributed by atoms with Gasteiger partial charge in [-0.15, -0.1) is 0 Å². The molecule has 0 fully saturated rings. The van der Waals surface area contributed by atoms with Crippen molar-refractivity contribution in [3.05, 3.63) is 295 Å². The lowest BCUT2D eigenvalue weighted by atomic mass is 9.67. The lowest BCUT2D eigenvalue weighted by Gasteiger charge is -2.34. The van der Waals surface area contributed by atoms with E-state index in [1.807, 2.05) is 0 Å². The van der Waals surface area contributed by atoms with Gasteiger partial charge in [0.25, 0.3) is 0 Å². The van der Waals surface area contributed by atoms with E-state index in [9.17, 15) is 0 Å². The van der Waals surface area contributed by atoms with Crippen LogP contribution < -0.4 is 4.90 Å². The molecule has 1 nitrogen and oxygen atoms in total. The number of hydrogen-bond donors (Lipinski definition) is 0. The molecule has 0 saturated heterocycles. The zero-order valence-electron chi connectivity index (χ0n) is 36.4. The van der Waals surface area contributed by atoms with Crippen molar-refractivity contribution in [2.45, 2.75) is 5.41 Å².